The lowest BCUT2D eigenvalue weighted by atomic mass is 9.96. The molecule has 104 valence electrons. The third kappa shape index (κ3) is 3.00. The van der Waals surface area contributed by atoms with E-state index in [9.17, 15) is 13.6 Å². The highest BCUT2D eigenvalue weighted by molar-refractivity contribution is 6.20. The first-order valence-electron chi connectivity index (χ1n) is 5.80. The van der Waals surface area contributed by atoms with Gasteiger partial charge in [-0.15, -0.1) is 23.2 Å². The van der Waals surface area contributed by atoms with Gasteiger partial charge in [0.05, 0.1) is 0 Å². The number of hydrogen-bond donors (Lipinski definition) is 0. The molecule has 0 fully saturated rings. The van der Waals surface area contributed by atoms with Crippen molar-refractivity contribution in [2.24, 2.45) is 0 Å². The fourth-order valence-electron chi connectivity index (χ4n) is 1.93. The molecule has 20 heavy (non-hydrogen) atoms. The molecule has 0 bridgehead atoms. The van der Waals surface area contributed by atoms with Gasteiger partial charge in [-0.1, -0.05) is 0 Å². The van der Waals surface area contributed by atoms with Gasteiger partial charge in [-0.3, -0.25) is 4.79 Å². The van der Waals surface area contributed by atoms with Gasteiger partial charge in [0, 0.05) is 22.9 Å². The minimum atomic E-state index is -0.464. The Morgan fingerprint density at radius 3 is 1.60 bits per heavy atom. The number of carbonyl (C=O) groups excluding carboxylic acids is 1. The van der Waals surface area contributed by atoms with Crippen LogP contribution in [0.5, 0.6) is 0 Å². The molecule has 0 saturated heterocycles. The molecule has 0 aromatic heterocycles. The Hall–Kier alpha value is -1.45. The van der Waals surface area contributed by atoms with E-state index < -0.39 is 11.6 Å². The summed E-state index contributed by atoms with van der Waals surface area (Å²) >= 11 is 11.5. The first-order valence-corrected chi connectivity index (χ1v) is 6.87. The Kier molecular flexibility index (Phi) is 4.73. The highest BCUT2D eigenvalue weighted by Crippen LogP contribution is 2.22. The van der Waals surface area contributed by atoms with Crippen LogP contribution in [0, 0.1) is 11.6 Å². The van der Waals surface area contributed by atoms with Crippen LogP contribution in [0.4, 0.5) is 8.78 Å². The summed E-state index contributed by atoms with van der Waals surface area (Å²) in [5.74, 6) is -1.26. The molecule has 2 rings (SSSR count). The van der Waals surface area contributed by atoms with Gasteiger partial charge in [0.25, 0.3) is 0 Å². The van der Waals surface area contributed by atoms with Crippen LogP contribution in [0.2, 0.25) is 0 Å². The molecular formula is C15H10Cl2F2O. The van der Waals surface area contributed by atoms with Gasteiger partial charge >= 0.3 is 0 Å². The number of alkyl halides is 2. The third-order valence-corrected chi connectivity index (χ3v) is 3.49. The fraction of sp³-hybridized carbons (Fsp3) is 0.133. The molecule has 0 saturated carbocycles. The van der Waals surface area contributed by atoms with E-state index in [2.05, 4.69) is 0 Å². The van der Waals surface area contributed by atoms with E-state index >= 15 is 0 Å². The number of halogens is 4. The molecule has 0 aliphatic carbocycles. The van der Waals surface area contributed by atoms with Crippen LogP contribution in [0.15, 0.2) is 36.4 Å². The molecule has 5 heteroatoms. The van der Waals surface area contributed by atoms with Crippen LogP contribution in [0.3, 0.4) is 0 Å². The van der Waals surface area contributed by atoms with Crippen molar-refractivity contribution in [2.75, 3.05) is 0 Å². The van der Waals surface area contributed by atoms with Crippen molar-refractivity contribution in [3.05, 3.63) is 70.3 Å². The van der Waals surface area contributed by atoms with Crippen molar-refractivity contribution < 1.29 is 13.6 Å². The van der Waals surface area contributed by atoms with Gasteiger partial charge in [-0.25, -0.2) is 8.78 Å². The van der Waals surface area contributed by atoms with Crippen molar-refractivity contribution in [3.8, 4) is 0 Å². The van der Waals surface area contributed by atoms with E-state index in [1.165, 1.54) is 36.4 Å². The number of rotatable bonds is 4. The molecule has 0 aliphatic rings. The predicted molar refractivity (Wildman–Crippen MR) is 75.3 cm³/mol. The summed E-state index contributed by atoms with van der Waals surface area (Å²) in [6.07, 6.45) is 0. The molecule has 0 aliphatic heterocycles. The summed E-state index contributed by atoms with van der Waals surface area (Å²) < 4.78 is 26.3. The molecule has 0 atom stereocenters. The lowest BCUT2D eigenvalue weighted by Gasteiger charge is -2.09. The average molecular weight is 315 g/mol. The second-order valence-electron chi connectivity index (χ2n) is 4.20. The topological polar surface area (TPSA) is 17.1 Å². The quantitative estimate of drug-likeness (QED) is 0.592. The zero-order chi connectivity index (χ0) is 14.7. The largest absolute Gasteiger partial charge is 0.289 e. The Morgan fingerprint density at radius 1 is 0.850 bits per heavy atom. The smallest absolute Gasteiger partial charge is 0.193 e. The molecule has 0 radical (unpaired) electrons. The summed E-state index contributed by atoms with van der Waals surface area (Å²) in [5, 5.41) is 0. The lowest BCUT2D eigenvalue weighted by Crippen LogP contribution is -2.08. The summed E-state index contributed by atoms with van der Waals surface area (Å²) in [4.78, 5) is 12.5. The van der Waals surface area contributed by atoms with E-state index in [1.54, 1.807) is 0 Å². The second-order valence-corrected chi connectivity index (χ2v) is 4.73. The van der Waals surface area contributed by atoms with Crippen LogP contribution in [0.1, 0.15) is 27.0 Å². The molecule has 1 nitrogen and oxygen atoms in total. The zero-order valence-electron chi connectivity index (χ0n) is 10.3. The number of ketones is 1. The van der Waals surface area contributed by atoms with Crippen LogP contribution < -0.4 is 0 Å². The first kappa shape index (κ1) is 14.9. The molecule has 0 amide bonds. The van der Waals surface area contributed by atoms with Crippen LogP contribution in [-0.4, -0.2) is 5.78 Å². The average Bonchev–Trinajstić information content (AvgIpc) is 2.46. The SMILES string of the molecule is O=C(c1ccc(F)cc1CCl)c1ccc(F)cc1CCl. The van der Waals surface area contributed by atoms with Crippen molar-refractivity contribution in [1.29, 1.82) is 0 Å². The van der Waals surface area contributed by atoms with Crippen molar-refractivity contribution in [2.45, 2.75) is 11.8 Å². The number of carbonyl (C=O) groups is 1. The molecule has 2 aromatic rings. The number of hydrogen-bond acceptors (Lipinski definition) is 1. The van der Waals surface area contributed by atoms with E-state index in [4.69, 9.17) is 23.2 Å². The highest BCUT2D eigenvalue weighted by atomic mass is 35.5. The highest BCUT2D eigenvalue weighted by Gasteiger charge is 2.17. The minimum absolute atomic E-state index is 0.0102. The van der Waals surface area contributed by atoms with Crippen LogP contribution in [-0.2, 0) is 11.8 Å². The molecular weight excluding hydrogens is 305 g/mol. The van der Waals surface area contributed by atoms with E-state index in [-0.39, 0.29) is 17.5 Å². The Balaban J connectivity index is 2.51. The fourth-order valence-corrected chi connectivity index (χ4v) is 2.38. The van der Waals surface area contributed by atoms with Gasteiger partial charge < -0.3 is 0 Å². The maximum absolute atomic E-state index is 13.2. The van der Waals surface area contributed by atoms with Gasteiger partial charge in [-0.05, 0) is 47.5 Å². The van der Waals surface area contributed by atoms with E-state index in [0.717, 1.165) is 0 Å². The molecule has 0 heterocycles. The monoisotopic (exact) mass is 314 g/mol. The molecule has 2 aromatic carbocycles. The van der Waals surface area contributed by atoms with Gasteiger partial charge in [-0.2, -0.15) is 0 Å². The van der Waals surface area contributed by atoms with Crippen LogP contribution in [0.25, 0.3) is 0 Å². The van der Waals surface area contributed by atoms with Crippen molar-refractivity contribution >= 4 is 29.0 Å². The van der Waals surface area contributed by atoms with Crippen LogP contribution >= 0.6 is 23.2 Å². The van der Waals surface area contributed by atoms with Gasteiger partial charge in [0.15, 0.2) is 5.78 Å². The molecule has 0 spiro atoms. The lowest BCUT2D eigenvalue weighted by molar-refractivity contribution is 0.103. The Labute approximate surface area is 125 Å². The van der Waals surface area contributed by atoms with Gasteiger partial charge in [0.1, 0.15) is 11.6 Å². The summed E-state index contributed by atoms with van der Waals surface area (Å²) in [5.41, 5.74) is 1.36. The Morgan fingerprint density at radius 2 is 1.25 bits per heavy atom. The standard InChI is InChI=1S/C15H10Cl2F2O/c16-7-9-5-11(18)1-3-13(9)15(20)14-4-2-12(19)6-10(14)8-17/h1-6H,7-8H2. The van der Waals surface area contributed by atoms with E-state index in [1.807, 2.05) is 0 Å². The summed E-state index contributed by atoms with van der Waals surface area (Å²) in [6, 6.07) is 7.54. The third-order valence-electron chi connectivity index (χ3n) is 2.91. The minimum Gasteiger partial charge on any atom is -0.289 e. The van der Waals surface area contributed by atoms with Crippen molar-refractivity contribution in [3.63, 3.8) is 0 Å². The van der Waals surface area contributed by atoms with Gasteiger partial charge in [0.2, 0.25) is 0 Å². The summed E-state index contributed by atoms with van der Waals surface area (Å²) in [6.45, 7) is 0. The Bertz CT molecular complexity index is 601. The maximum atomic E-state index is 13.2. The molecule has 0 unspecified atom stereocenters. The zero-order valence-corrected chi connectivity index (χ0v) is 11.8. The number of benzene rings is 2. The first-order chi connectivity index (χ1) is 9.56. The van der Waals surface area contributed by atoms with Crippen molar-refractivity contribution in [1.82, 2.24) is 0 Å². The maximum Gasteiger partial charge on any atom is 0.193 e. The summed E-state index contributed by atoms with van der Waals surface area (Å²) in [7, 11) is 0. The normalized spacial score (nSPS) is 10.6. The molecule has 0 N–H and O–H groups in total. The predicted octanol–water partition coefficient (Wildman–Crippen LogP) is 4.67. The second kappa shape index (κ2) is 6.33. The van der Waals surface area contributed by atoms with E-state index in [0.29, 0.717) is 22.3 Å².